The van der Waals surface area contributed by atoms with Gasteiger partial charge in [-0.3, -0.25) is 0 Å². The maximum absolute atomic E-state index is 5.78. The molecule has 4 heteroatoms. The topological polar surface area (TPSA) is 18.5 Å². The Balaban J connectivity index is 2.22. The third kappa shape index (κ3) is 3.94. The van der Waals surface area contributed by atoms with Gasteiger partial charge in [-0.2, -0.15) is 0 Å². The van der Waals surface area contributed by atoms with Crippen molar-refractivity contribution in [3.8, 4) is 11.5 Å². The summed E-state index contributed by atoms with van der Waals surface area (Å²) in [6.07, 6.45) is 1.67. The molecule has 0 saturated heterocycles. The van der Waals surface area contributed by atoms with E-state index in [9.17, 15) is 0 Å². The van der Waals surface area contributed by atoms with Crippen molar-refractivity contribution < 1.29 is 9.47 Å². The lowest BCUT2D eigenvalue weighted by atomic mass is 10.1. The van der Waals surface area contributed by atoms with Gasteiger partial charge in [-0.05, 0) is 25.0 Å². The van der Waals surface area contributed by atoms with Crippen LogP contribution < -0.4 is 9.47 Å². The molecule has 2 nitrogen and oxygen atoms in total. The number of benzene rings is 2. The van der Waals surface area contributed by atoms with E-state index in [1.54, 1.807) is 0 Å². The molecule has 0 aliphatic heterocycles. The van der Waals surface area contributed by atoms with Gasteiger partial charge in [0, 0.05) is 22.5 Å². The molecule has 0 fully saturated rings. The minimum atomic E-state index is 0.609. The van der Waals surface area contributed by atoms with Gasteiger partial charge in [0.05, 0.1) is 13.2 Å². The average molecular weight is 313 g/mol. The van der Waals surface area contributed by atoms with Gasteiger partial charge in [0.15, 0.2) is 0 Å². The maximum atomic E-state index is 5.78. The quantitative estimate of drug-likeness (QED) is 0.512. The Morgan fingerprint density at radius 2 is 1.15 bits per heavy atom. The maximum Gasteiger partial charge on any atom is 0.127 e. The molecule has 0 aliphatic carbocycles. The van der Waals surface area contributed by atoms with Crippen molar-refractivity contribution in [2.24, 2.45) is 0 Å². The molecular formula is C16H18Cl2O2. The molecule has 0 aliphatic rings. The van der Waals surface area contributed by atoms with Crippen LogP contribution in [0.4, 0.5) is 0 Å². The summed E-state index contributed by atoms with van der Waals surface area (Å²) in [5, 5.41) is 2.12. The Hall–Kier alpha value is -1.12. The first-order chi connectivity index (χ1) is 9.86. The number of alkyl halides is 2. The van der Waals surface area contributed by atoms with Crippen molar-refractivity contribution in [2.45, 2.75) is 12.8 Å². The third-order valence-corrected chi connectivity index (χ3v) is 3.45. The lowest BCUT2D eigenvalue weighted by Gasteiger charge is -2.13. The summed E-state index contributed by atoms with van der Waals surface area (Å²) in [6.45, 7) is 1.25. The molecule has 0 N–H and O–H groups in total. The fourth-order valence-electron chi connectivity index (χ4n) is 1.97. The highest BCUT2D eigenvalue weighted by atomic mass is 35.5. The van der Waals surface area contributed by atoms with Crippen molar-refractivity contribution in [2.75, 3.05) is 25.0 Å². The third-order valence-electron chi connectivity index (χ3n) is 2.92. The van der Waals surface area contributed by atoms with Crippen LogP contribution in [-0.2, 0) is 0 Å². The van der Waals surface area contributed by atoms with Gasteiger partial charge in [-0.15, -0.1) is 23.2 Å². The zero-order valence-electron chi connectivity index (χ0n) is 11.3. The molecule has 0 bridgehead atoms. The number of halogens is 2. The fourth-order valence-corrected chi connectivity index (χ4v) is 2.19. The number of fused-ring (bicyclic) bond motifs is 1. The van der Waals surface area contributed by atoms with Crippen LogP contribution in [-0.4, -0.2) is 25.0 Å². The van der Waals surface area contributed by atoms with Gasteiger partial charge >= 0.3 is 0 Å². The Morgan fingerprint density at radius 1 is 0.700 bits per heavy atom. The standard InChI is InChI=1S/C16H18Cl2O2/c17-9-3-11-19-15-7-8-16(20-12-4-10-18)14-6-2-1-5-13(14)15/h1-2,5-8H,3-4,9-12H2. The number of hydrogen-bond donors (Lipinski definition) is 0. The molecule has 0 atom stereocenters. The highest BCUT2D eigenvalue weighted by Crippen LogP contribution is 2.33. The zero-order valence-corrected chi connectivity index (χ0v) is 12.8. The SMILES string of the molecule is ClCCCOc1ccc(OCCCCl)c2ccccc12. The molecule has 2 aromatic rings. The van der Waals surface area contributed by atoms with Gasteiger partial charge in [0.2, 0.25) is 0 Å². The van der Waals surface area contributed by atoms with E-state index in [0.717, 1.165) is 35.1 Å². The molecule has 0 unspecified atom stereocenters. The second-order valence-electron chi connectivity index (χ2n) is 4.39. The van der Waals surface area contributed by atoms with E-state index < -0.39 is 0 Å². The number of rotatable bonds is 8. The van der Waals surface area contributed by atoms with E-state index in [1.165, 1.54) is 0 Å². The molecule has 0 aromatic heterocycles. The van der Waals surface area contributed by atoms with E-state index in [-0.39, 0.29) is 0 Å². The van der Waals surface area contributed by atoms with Gasteiger partial charge in [-0.25, -0.2) is 0 Å². The predicted octanol–water partition coefficient (Wildman–Crippen LogP) is 4.86. The molecule has 0 saturated carbocycles. The van der Waals surface area contributed by atoms with E-state index in [2.05, 4.69) is 0 Å². The van der Waals surface area contributed by atoms with E-state index in [1.807, 2.05) is 36.4 Å². The first-order valence-corrected chi connectivity index (χ1v) is 7.83. The van der Waals surface area contributed by atoms with Crippen LogP contribution in [0.25, 0.3) is 10.8 Å². The zero-order chi connectivity index (χ0) is 14.2. The summed E-state index contributed by atoms with van der Waals surface area (Å²) in [4.78, 5) is 0. The molecule has 0 spiro atoms. The minimum absolute atomic E-state index is 0.609. The predicted molar refractivity (Wildman–Crippen MR) is 85.6 cm³/mol. The summed E-state index contributed by atoms with van der Waals surface area (Å²) in [6, 6.07) is 12.0. The summed E-state index contributed by atoms with van der Waals surface area (Å²) in [5.74, 6) is 2.96. The summed E-state index contributed by atoms with van der Waals surface area (Å²) >= 11 is 11.3. The average Bonchev–Trinajstić information content (AvgIpc) is 2.49. The summed E-state index contributed by atoms with van der Waals surface area (Å²) in [7, 11) is 0. The normalized spacial score (nSPS) is 10.7. The molecule has 2 rings (SSSR count). The molecule has 2 aromatic carbocycles. The summed E-state index contributed by atoms with van der Waals surface area (Å²) < 4.78 is 11.6. The van der Waals surface area contributed by atoms with Crippen molar-refractivity contribution in [3.05, 3.63) is 36.4 Å². The molecule has 0 radical (unpaired) electrons. The van der Waals surface area contributed by atoms with E-state index in [0.29, 0.717) is 25.0 Å². The number of ether oxygens (including phenoxy) is 2. The highest BCUT2D eigenvalue weighted by Gasteiger charge is 2.07. The van der Waals surface area contributed by atoms with Crippen LogP contribution in [0.3, 0.4) is 0 Å². The summed E-state index contributed by atoms with van der Waals surface area (Å²) in [5.41, 5.74) is 0. The first-order valence-electron chi connectivity index (χ1n) is 6.76. The van der Waals surface area contributed by atoms with Crippen molar-refractivity contribution in [1.82, 2.24) is 0 Å². The monoisotopic (exact) mass is 312 g/mol. The van der Waals surface area contributed by atoms with E-state index >= 15 is 0 Å². The van der Waals surface area contributed by atoms with Gasteiger partial charge < -0.3 is 9.47 Å². The van der Waals surface area contributed by atoms with Crippen molar-refractivity contribution in [3.63, 3.8) is 0 Å². The van der Waals surface area contributed by atoms with Crippen LogP contribution in [0.1, 0.15) is 12.8 Å². The van der Waals surface area contributed by atoms with Gasteiger partial charge in [-0.1, -0.05) is 24.3 Å². The Kier molecular flexibility index (Phi) is 6.28. The van der Waals surface area contributed by atoms with Gasteiger partial charge in [0.1, 0.15) is 11.5 Å². The van der Waals surface area contributed by atoms with Crippen LogP contribution >= 0.6 is 23.2 Å². The number of hydrogen-bond acceptors (Lipinski definition) is 2. The van der Waals surface area contributed by atoms with Gasteiger partial charge in [0.25, 0.3) is 0 Å². The Bertz CT molecular complexity index is 494. The lowest BCUT2D eigenvalue weighted by Crippen LogP contribution is -2.01. The molecule has 0 amide bonds. The van der Waals surface area contributed by atoms with Crippen LogP contribution in [0.5, 0.6) is 11.5 Å². The largest absolute Gasteiger partial charge is 0.493 e. The molecule has 108 valence electrons. The lowest BCUT2D eigenvalue weighted by molar-refractivity contribution is 0.315. The minimum Gasteiger partial charge on any atom is -0.493 e. The van der Waals surface area contributed by atoms with Crippen molar-refractivity contribution in [1.29, 1.82) is 0 Å². The smallest absolute Gasteiger partial charge is 0.127 e. The molecular weight excluding hydrogens is 295 g/mol. The van der Waals surface area contributed by atoms with Crippen molar-refractivity contribution >= 4 is 34.0 Å². The van der Waals surface area contributed by atoms with E-state index in [4.69, 9.17) is 32.7 Å². The second kappa shape index (κ2) is 8.23. The molecule has 20 heavy (non-hydrogen) atoms. The van der Waals surface area contributed by atoms with Crippen LogP contribution in [0, 0.1) is 0 Å². The Labute approximate surface area is 129 Å². The molecule has 0 heterocycles. The van der Waals surface area contributed by atoms with Crippen LogP contribution in [0.15, 0.2) is 36.4 Å². The highest BCUT2D eigenvalue weighted by molar-refractivity contribution is 6.18. The second-order valence-corrected chi connectivity index (χ2v) is 5.15. The first kappa shape index (κ1) is 15.3. The fraction of sp³-hybridized carbons (Fsp3) is 0.375. The Morgan fingerprint density at radius 3 is 1.55 bits per heavy atom. The van der Waals surface area contributed by atoms with Crippen LogP contribution in [0.2, 0.25) is 0 Å².